The average Bonchev–Trinajstić information content (AvgIpc) is 2.06. The molecule has 2 atom stereocenters. The summed E-state index contributed by atoms with van der Waals surface area (Å²) < 4.78 is 35.6. The van der Waals surface area contributed by atoms with Gasteiger partial charge in [0.15, 0.2) is 0 Å². The number of nitrogens with zero attached hydrogens (tertiary/aromatic N) is 1. The van der Waals surface area contributed by atoms with Gasteiger partial charge in [-0.25, -0.2) is 0 Å². The zero-order valence-corrected chi connectivity index (χ0v) is 6.80. The minimum absolute atomic E-state index is 0.334. The van der Waals surface area contributed by atoms with Gasteiger partial charge in [-0.2, -0.15) is 13.2 Å². The molecule has 72 valence electrons. The van der Waals surface area contributed by atoms with Gasteiger partial charge in [-0.05, 0) is 7.05 Å². The maximum Gasteiger partial charge on any atom is 0.389 e. The fraction of sp³-hybridized carbons (Fsp3) is 1.00. The summed E-state index contributed by atoms with van der Waals surface area (Å²) in [6.07, 6.45) is -5.85. The molecule has 1 aliphatic heterocycles. The highest BCUT2D eigenvalue weighted by Gasteiger charge is 2.38. The molecule has 0 amide bonds. The Hall–Kier alpha value is -0.290. The molecule has 0 aliphatic carbocycles. The van der Waals surface area contributed by atoms with Crippen LogP contribution in [0.25, 0.3) is 0 Å². The highest BCUT2D eigenvalue weighted by atomic mass is 19.4. The first-order valence-electron chi connectivity index (χ1n) is 3.82. The number of hydrogen-bond acceptors (Lipinski definition) is 2. The largest absolute Gasteiger partial charge is 0.391 e. The first kappa shape index (κ1) is 9.80. The molecule has 0 spiro atoms. The van der Waals surface area contributed by atoms with Gasteiger partial charge in [-0.3, -0.25) is 0 Å². The smallest absolute Gasteiger partial charge is 0.389 e. The summed E-state index contributed by atoms with van der Waals surface area (Å²) in [5.41, 5.74) is 0. The number of likely N-dealkylation sites (N-methyl/N-ethyl adjacent to an activating group) is 1. The molecule has 0 bridgehead atoms. The monoisotopic (exact) mass is 183 g/mol. The van der Waals surface area contributed by atoms with Gasteiger partial charge in [0.1, 0.15) is 0 Å². The van der Waals surface area contributed by atoms with E-state index in [1.807, 2.05) is 0 Å². The van der Waals surface area contributed by atoms with Crippen molar-refractivity contribution in [1.29, 1.82) is 0 Å². The Morgan fingerprint density at radius 2 is 2.00 bits per heavy atom. The number of aliphatic hydroxyl groups is 1. The van der Waals surface area contributed by atoms with Crippen molar-refractivity contribution in [2.45, 2.75) is 18.7 Å². The fourth-order valence-electron chi connectivity index (χ4n) is 1.56. The lowest BCUT2D eigenvalue weighted by Gasteiger charge is -2.15. The van der Waals surface area contributed by atoms with E-state index in [1.165, 1.54) is 0 Å². The first-order chi connectivity index (χ1) is 5.38. The number of rotatable bonds is 1. The lowest BCUT2D eigenvalue weighted by Crippen LogP contribution is -2.24. The van der Waals surface area contributed by atoms with Crippen molar-refractivity contribution < 1.29 is 18.3 Å². The zero-order valence-electron chi connectivity index (χ0n) is 6.80. The van der Waals surface area contributed by atoms with E-state index in [1.54, 1.807) is 11.9 Å². The third-order valence-electron chi connectivity index (χ3n) is 2.08. The minimum atomic E-state index is -4.16. The van der Waals surface area contributed by atoms with Gasteiger partial charge in [-0.1, -0.05) is 0 Å². The van der Waals surface area contributed by atoms with Crippen LogP contribution in [0, 0.1) is 5.92 Å². The Labute approximate surface area is 69.0 Å². The van der Waals surface area contributed by atoms with Gasteiger partial charge in [0.2, 0.25) is 0 Å². The van der Waals surface area contributed by atoms with E-state index in [4.69, 9.17) is 0 Å². The van der Waals surface area contributed by atoms with Crippen LogP contribution in [0.5, 0.6) is 0 Å². The van der Waals surface area contributed by atoms with Crippen molar-refractivity contribution >= 4 is 0 Å². The normalized spacial score (nSPS) is 32.8. The molecule has 1 aliphatic rings. The third kappa shape index (κ3) is 2.64. The molecular formula is C7H12F3NO. The molecule has 1 fully saturated rings. The summed E-state index contributed by atoms with van der Waals surface area (Å²) in [6.45, 7) is 0.682. The number of likely N-dealkylation sites (tertiary alicyclic amines) is 1. The van der Waals surface area contributed by atoms with Crippen LogP contribution in [0.4, 0.5) is 13.2 Å². The van der Waals surface area contributed by atoms with E-state index in [2.05, 4.69) is 0 Å². The highest BCUT2D eigenvalue weighted by Crippen LogP contribution is 2.29. The Balaban J connectivity index is 2.43. The van der Waals surface area contributed by atoms with Crippen LogP contribution in [-0.2, 0) is 0 Å². The number of halogens is 3. The third-order valence-corrected chi connectivity index (χ3v) is 2.08. The molecule has 0 radical (unpaired) electrons. The zero-order chi connectivity index (χ0) is 9.35. The summed E-state index contributed by atoms with van der Waals surface area (Å²) in [4.78, 5) is 1.71. The average molecular weight is 183 g/mol. The van der Waals surface area contributed by atoms with Crippen molar-refractivity contribution in [3.8, 4) is 0 Å². The maximum absolute atomic E-state index is 11.9. The number of β-amino-alcohol motifs (C(OH)–C–C–N with tert-alkyl or cyclic N) is 1. The molecule has 1 rings (SSSR count). The van der Waals surface area contributed by atoms with Gasteiger partial charge in [0.25, 0.3) is 0 Å². The predicted molar refractivity (Wildman–Crippen MR) is 37.7 cm³/mol. The summed E-state index contributed by atoms with van der Waals surface area (Å²) in [5.74, 6) is -0.644. The molecule has 2 unspecified atom stereocenters. The van der Waals surface area contributed by atoms with Gasteiger partial charge in [0, 0.05) is 19.0 Å². The van der Waals surface area contributed by atoms with Gasteiger partial charge >= 0.3 is 6.18 Å². The number of aliphatic hydroxyl groups excluding tert-OH is 1. The van der Waals surface area contributed by atoms with Crippen molar-refractivity contribution in [3.05, 3.63) is 0 Å². The predicted octanol–water partition coefficient (Wildman–Crippen LogP) is 0.861. The van der Waals surface area contributed by atoms with Crippen LogP contribution in [0.2, 0.25) is 0 Å². The van der Waals surface area contributed by atoms with E-state index in [0.717, 1.165) is 0 Å². The van der Waals surface area contributed by atoms with Crippen LogP contribution in [0.15, 0.2) is 0 Å². The van der Waals surface area contributed by atoms with Gasteiger partial charge < -0.3 is 10.0 Å². The standard InChI is InChI=1S/C7H12F3NO/c1-11-3-5(6(12)4-11)2-7(8,9)10/h5-6,12H,2-4H2,1H3. The molecule has 5 heteroatoms. The Bertz CT molecular complexity index is 159. The summed E-state index contributed by atoms with van der Waals surface area (Å²) in [5, 5.41) is 9.18. The van der Waals surface area contributed by atoms with Crippen LogP contribution in [0.3, 0.4) is 0 Å². The SMILES string of the molecule is CN1CC(O)C(CC(F)(F)F)C1. The van der Waals surface area contributed by atoms with Gasteiger partial charge in [0.05, 0.1) is 12.5 Å². The molecular weight excluding hydrogens is 171 g/mol. The minimum Gasteiger partial charge on any atom is -0.391 e. The summed E-state index contributed by atoms with van der Waals surface area (Å²) >= 11 is 0. The lowest BCUT2D eigenvalue weighted by molar-refractivity contribution is -0.149. The Morgan fingerprint density at radius 1 is 1.42 bits per heavy atom. The van der Waals surface area contributed by atoms with Crippen LogP contribution in [-0.4, -0.2) is 42.4 Å². The van der Waals surface area contributed by atoms with Gasteiger partial charge in [-0.15, -0.1) is 0 Å². The second kappa shape index (κ2) is 3.22. The van der Waals surface area contributed by atoms with Crippen molar-refractivity contribution in [1.82, 2.24) is 4.90 Å². The second-order valence-electron chi connectivity index (χ2n) is 3.37. The van der Waals surface area contributed by atoms with Crippen molar-refractivity contribution in [2.24, 2.45) is 5.92 Å². The first-order valence-corrected chi connectivity index (χ1v) is 3.82. The Morgan fingerprint density at radius 3 is 2.33 bits per heavy atom. The molecule has 1 saturated heterocycles. The van der Waals surface area contributed by atoms with Crippen molar-refractivity contribution in [3.63, 3.8) is 0 Å². The molecule has 1 heterocycles. The summed E-state index contributed by atoms with van der Waals surface area (Å²) in [7, 11) is 1.71. The van der Waals surface area contributed by atoms with Crippen LogP contribution < -0.4 is 0 Å². The molecule has 1 N–H and O–H groups in total. The second-order valence-corrected chi connectivity index (χ2v) is 3.37. The highest BCUT2D eigenvalue weighted by molar-refractivity contribution is 4.83. The number of hydrogen-bond donors (Lipinski definition) is 1. The van der Waals surface area contributed by atoms with E-state index in [0.29, 0.717) is 13.1 Å². The molecule has 0 aromatic rings. The van der Waals surface area contributed by atoms with Crippen LogP contribution >= 0.6 is 0 Å². The van der Waals surface area contributed by atoms with E-state index in [-0.39, 0.29) is 0 Å². The molecule has 12 heavy (non-hydrogen) atoms. The van der Waals surface area contributed by atoms with E-state index >= 15 is 0 Å². The topological polar surface area (TPSA) is 23.5 Å². The molecule has 2 nitrogen and oxygen atoms in total. The van der Waals surface area contributed by atoms with E-state index < -0.39 is 24.6 Å². The summed E-state index contributed by atoms with van der Waals surface area (Å²) in [6, 6.07) is 0. The van der Waals surface area contributed by atoms with Crippen molar-refractivity contribution in [2.75, 3.05) is 20.1 Å². The quantitative estimate of drug-likeness (QED) is 0.651. The maximum atomic E-state index is 11.9. The van der Waals surface area contributed by atoms with Crippen LogP contribution in [0.1, 0.15) is 6.42 Å². The van der Waals surface area contributed by atoms with E-state index in [9.17, 15) is 18.3 Å². The molecule has 0 saturated carbocycles. The number of alkyl halides is 3. The fourth-order valence-corrected chi connectivity index (χ4v) is 1.56. The lowest BCUT2D eigenvalue weighted by atomic mass is 10.0. The molecule has 0 aromatic heterocycles. The molecule has 0 aromatic carbocycles. The Kier molecular flexibility index (Phi) is 2.63.